The minimum Gasteiger partial charge on any atom is -0.158 e. The van der Waals surface area contributed by atoms with Crippen molar-refractivity contribution in [2.75, 3.05) is 5.75 Å². The van der Waals surface area contributed by atoms with Crippen LogP contribution in [0.4, 0.5) is 0 Å². The Balaban J connectivity index is 2.37. The third-order valence-corrected chi connectivity index (χ3v) is 3.74. The number of hydrogen-bond donors (Lipinski definition) is 0. The van der Waals surface area contributed by atoms with Crippen LogP contribution in [0.2, 0.25) is 0 Å². The lowest BCUT2D eigenvalue weighted by molar-refractivity contribution is 0.938. The van der Waals surface area contributed by atoms with Crippen molar-refractivity contribution in [3.05, 3.63) is 28.8 Å². The van der Waals surface area contributed by atoms with Gasteiger partial charge >= 0.3 is 0 Å². The first-order valence-corrected chi connectivity index (χ1v) is 6.29. The van der Waals surface area contributed by atoms with Gasteiger partial charge in [-0.05, 0) is 23.6 Å². The minimum absolute atomic E-state index is 0.702. The van der Waals surface area contributed by atoms with Crippen LogP contribution in [0.25, 0.3) is 0 Å². The van der Waals surface area contributed by atoms with Gasteiger partial charge in [0.25, 0.3) is 0 Å². The molecule has 0 saturated heterocycles. The summed E-state index contributed by atoms with van der Waals surface area (Å²) in [5, 5.41) is 2.84. The second kappa shape index (κ2) is 5.65. The summed E-state index contributed by atoms with van der Waals surface area (Å²) in [6.07, 6.45) is 3.61. The molecule has 1 aromatic heterocycles. The van der Waals surface area contributed by atoms with E-state index in [0.717, 1.165) is 0 Å². The summed E-state index contributed by atoms with van der Waals surface area (Å²) in [6.45, 7) is 4.47. The highest BCUT2D eigenvalue weighted by Gasteiger charge is 2.07. The van der Waals surface area contributed by atoms with E-state index in [4.69, 9.17) is 0 Å². The van der Waals surface area contributed by atoms with Gasteiger partial charge in [0.15, 0.2) is 0 Å². The lowest BCUT2D eigenvalue weighted by atomic mass is 10.2. The Bertz CT molecular complexity index is 192. The topological polar surface area (TPSA) is 0 Å². The molecule has 2 heteroatoms. The van der Waals surface area contributed by atoms with Gasteiger partial charge in [0.2, 0.25) is 0 Å². The first kappa shape index (κ1) is 10.1. The number of hydrogen-bond acceptors (Lipinski definition) is 2. The smallest absolute Gasteiger partial charge is 0.0139 e. The van der Waals surface area contributed by atoms with Crippen LogP contribution < -0.4 is 0 Å². The molecule has 1 radical (unpaired) electrons. The number of thiophene rings is 1. The molecule has 0 aliphatic heterocycles. The van der Waals surface area contributed by atoms with Crippen LogP contribution in [0, 0.1) is 6.42 Å². The van der Waals surface area contributed by atoms with E-state index in [1.54, 1.807) is 0 Å². The third kappa shape index (κ3) is 3.20. The second-order valence-electron chi connectivity index (χ2n) is 2.58. The second-order valence-corrected chi connectivity index (χ2v) is 5.08. The Morgan fingerprint density at radius 1 is 1.58 bits per heavy atom. The molecule has 1 heterocycles. The van der Waals surface area contributed by atoms with Crippen LogP contribution in [-0.2, 0) is 0 Å². The average molecular weight is 199 g/mol. The van der Waals surface area contributed by atoms with Gasteiger partial charge in [0, 0.05) is 16.5 Å². The van der Waals surface area contributed by atoms with Crippen LogP contribution in [0.15, 0.2) is 17.5 Å². The predicted octanol–water partition coefficient (Wildman–Crippen LogP) is 3.83. The monoisotopic (exact) mass is 199 g/mol. The highest BCUT2D eigenvalue weighted by molar-refractivity contribution is 8.00. The zero-order chi connectivity index (χ0) is 8.81. The molecule has 0 N–H and O–H groups in total. The summed E-state index contributed by atoms with van der Waals surface area (Å²) in [6, 6.07) is 4.30. The van der Waals surface area contributed by atoms with Gasteiger partial charge in [-0.25, -0.2) is 0 Å². The van der Waals surface area contributed by atoms with E-state index in [1.165, 1.54) is 17.1 Å². The fourth-order valence-electron chi connectivity index (χ4n) is 1.07. The highest BCUT2D eigenvalue weighted by Crippen LogP contribution is 2.23. The molecule has 1 aromatic rings. The Kier molecular flexibility index (Phi) is 4.77. The summed E-state index contributed by atoms with van der Waals surface area (Å²) in [5.41, 5.74) is 0. The molecule has 0 nitrogen and oxygen atoms in total. The first-order valence-electron chi connectivity index (χ1n) is 4.36. The fraction of sp³-hybridized carbons (Fsp3) is 0.500. The van der Waals surface area contributed by atoms with Crippen molar-refractivity contribution >= 4 is 23.1 Å². The summed E-state index contributed by atoms with van der Waals surface area (Å²) in [7, 11) is 0. The molecule has 0 spiro atoms. The van der Waals surface area contributed by atoms with E-state index < -0.39 is 0 Å². The maximum Gasteiger partial charge on any atom is 0.0139 e. The number of thioether (sulfide) groups is 1. The molecular weight excluding hydrogens is 184 g/mol. The van der Waals surface area contributed by atoms with Crippen molar-refractivity contribution in [1.29, 1.82) is 0 Å². The molecule has 1 rings (SSSR count). The third-order valence-electron chi connectivity index (χ3n) is 1.68. The lowest BCUT2D eigenvalue weighted by Crippen LogP contribution is -2.01. The van der Waals surface area contributed by atoms with Crippen molar-refractivity contribution in [3.63, 3.8) is 0 Å². The van der Waals surface area contributed by atoms with Gasteiger partial charge < -0.3 is 0 Å². The normalized spacial score (nSPS) is 13.2. The van der Waals surface area contributed by atoms with Crippen LogP contribution in [0.3, 0.4) is 0 Å². The zero-order valence-electron chi connectivity index (χ0n) is 7.62. The van der Waals surface area contributed by atoms with Gasteiger partial charge in [-0.2, -0.15) is 11.8 Å². The van der Waals surface area contributed by atoms with Gasteiger partial charge in [-0.1, -0.05) is 19.9 Å². The van der Waals surface area contributed by atoms with Crippen molar-refractivity contribution in [2.45, 2.75) is 25.5 Å². The molecular formula is C10H15S2. The van der Waals surface area contributed by atoms with E-state index in [2.05, 4.69) is 37.8 Å². The fourth-order valence-corrected chi connectivity index (χ4v) is 2.77. The Labute approximate surface area is 83.4 Å². The lowest BCUT2D eigenvalue weighted by Gasteiger charge is -2.10. The molecule has 0 aliphatic carbocycles. The van der Waals surface area contributed by atoms with Crippen LogP contribution in [0.5, 0.6) is 0 Å². The predicted molar refractivity (Wildman–Crippen MR) is 59.9 cm³/mol. The molecule has 1 atom stereocenters. The summed E-state index contributed by atoms with van der Waals surface area (Å²) < 4.78 is 0. The molecule has 0 bridgehead atoms. The van der Waals surface area contributed by atoms with E-state index in [1.807, 2.05) is 23.1 Å². The van der Waals surface area contributed by atoms with Gasteiger partial charge in [-0.3, -0.25) is 0 Å². The highest BCUT2D eigenvalue weighted by atomic mass is 32.2. The summed E-state index contributed by atoms with van der Waals surface area (Å²) in [5.74, 6) is 1.21. The van der Waals surface area contributed by atoms with E-state index in [-0.39, 0.29) is 0 Å². The summed E-state index contributed by atoms with van der Waals surface area (Å²) >= 11 is 3.85. The van der Waals surface area contributed by atoms with Crippen molar-refractivity contribution in [1.82, 2.24) is 0 Å². The molecule has 0 amide bonds. The average Bonchev–Trinajstić information content (AvgIpc) is 2.56. The quantitative estimate of drug-likeness (QED) is 0.694. The zero-order valence-corrected chi connectivity index (χ0v) is 9.25. The Hall–Kier alpha value is 0.0500. The molecule has 0 aliphatic rings. The van der Waals surface area contributed by atoms with Crippen molar-refractivity contribution < 1.29 is 0 Å². The molecule has 67 valence electrons. The molecule has 1 unspecified atom stereocenters. The summed E-state index contributed by atoms with van der Waals surface area (Å²) in [4.78, 5) is 1.41. The van der Waals surface area contributed by atoms with Crippen molar-refractivity contribution in [2.24, 2.45) is 0 Å². The SMILES string of the molecule is CCSC([CH]c1cccs1)CC. The van der Waals surface area contributed by atoms with Crippen molar-refractivity contribution in [3.8, 4) is 0 Å². The molecule has 12 heavy (non-hydrogen) atoms. The number of rotatable bonds is 5. The Morgan fingerprint density at radius 2 is 2.42 bits per heavy atom. The Morgan fingerprint density at radius 3 is 2.92 bits per heavy atom. The molecule has 0 fully saturated rings. The van der Waals surface area contributed by atoms with Gasteiger partial charge in [0.1, 0.15) is 0 Å². The van der Waals surface area contributed by atoms with Crippen LogP contribution >= 0.6 is 23.1 Å². The van der Waals surface area contributed by atoms with E-state index in [9.17, 15) is 0 Å². The largest absolute Gasteiger partial charge is 0.158 e. The van der Waals surface area contributed by atoms with Crippen LogP contribution in [-0.4, -0.2) is 11.0 Å². The van der Waals surface area contributed by atoms with E-state index in [0.29, 0.717) is 5.25 Å². The van der Waals surface area contributed by atoms with Gasteiger partial charge in [0.05, 0.1) is 0 Å². The maximum atomic E-state index is 2.37. The minimum atomic E-state index is 0.702. The van der Waals surface area contributed by atoms with Crippen LogP contribution in [0.1, 0.15) is 25.1 Å². The maximum absolute atomic E-state index is 2.37. The molecule has 0 saturated carbocycles. The molecule has 0 aromatic carbocycles. The standard InChI is InChI=1S/C10H15S2/c1-3-9(11-4-2)8-10-6-5-7-12-10/h5-9H,3-4H2,1-2H3. The first-order chi connectivity index (χ1) is 5.86. The van der Waals surface area contributed by atoms with Gasteiger partial charge in [-0.15, -0.1) is 11.3 Å². The van der Waals surface area contributed by atoms with E-state index >= 15 is 0 Å².